The zero-order valence-electron chi connectivity index (χ0n) is 2.99. The molecule has 0 aromatic heterocycles. The minimum absolute atomic E-state index is 0.884. The van der Waals surface area contributed by atoms with Crippen LogP contribution in [0, 0.1) is 0 Å². The van der Waals surface area contributed by atoms with E-state index in [0.717, 1.165) is 6.04 Å². The zero-order chi connectivity index (χ0) is 3.70. The molecule has 0 aromatic rings. The van der Waals surface area contributed by atoms with Crippen molar-refractivity contribution in [2.24, 2.45) is 0 Å². The van der Waals surface area contributed by atoms with Crippen LogP contribution in [0.1, 0.15) is 12.8 Å². The summed E-state index contributed by atoms with van der Waals surface area (Å²) < 4.78 is 3.14. The summed E-state index contributed by atoms with van der Waals surface area (Å²) in [4.78, 5) is 0. The molecule has 0 unspecified atom stereocenters. The molecule has 0 aromatic carbocycles. The van der Waals surface area contributed by atoms with Gasteiger partial charge >= 0.3 is 43.4 Å². The van der Waals surface area contributed by atoms with Crippen molar-refractivity contribution in [1.82, 2.24) is 3.80 Å². The first-order valence-corrected chi connectivity index (χ1v) is 2.64. The third-order valence-corrected chi connectivity index (χ3v) is 1.42. The van der Waals surface area contributed by atoms with Crippen molar-refractivity contribution in [1.29, 1.82) is 0 Å². The monoisotopic (exact) mass is 104 g/mol. The second kappa shape index (κ2) is 1.42. The molecule has 5 heavy (non-hydrogen) atoms. The van der Waals surface area contributed by atoms with Gasteiger partial charge in [0.1, 0.15) is 0 Å². The number of hydrogen-bond donors (Lipinski definition) is 1. The van der Waals surface area contributed by atoms with Gasteiger partial charge in [-0.1, -0.05) is 0 Å². The van der Waals surface area contributed by atoms with Crippen molar-refractivity contribution in [3.05, 3.63) is 0 Å². The normalized spacial score (nSPS) is 23.0. The van der Waals surface area contributed by atoms with Gasteiger partial charge in [0.05, 0.1) is 0 Å². The molecule has 1 aliphatic rings. The van der Waals surface area contributed by atoms with E-state index in [1.54, 1.807) is 0 Å². The Labute approximate surface area is 43.8 Å². The molecular formula is C3H6NTi. The van der Waals surface area contributed by atoms with E-state index in [9.17, 15) is 0 Å². The summed E-state index contributed by atoms with van der Waals surface area (Å²) in [7, 11) is 0. The van der Waals surface area contributed by atoms with E-state index in [0.29, 0.717) is 0 Å². The standard InChI is InChI=1S/C3H6N.Ti/c4-3-1-2-3;/h3-4H,1-2H2;/q-1;+1. The maximum absolute atomic E-state index is 3.14. The predicted molar refractivity (Wildman–Crippen MR) is 16.2 cm³/mol. The summed E-state index contributed by atoms with van der Waals surface area (Å²) >= 11 is 2.01. The average Bonchev–Trinajstić information content (AvgIpc) is 2.12. The zero-order valence-corrected chi connectivity index (χ0v) is 4.55. The molecule has 0 spiro atoms. The van der Waals surface area contributed by atoms with Gasteiger partial charge in [-0.2, -0.15) is 0 Å². The second-order valence-corrected chi connectivity index (χ2v) is 1.87. The van der Waals surface area contributed by atoms with E-state index < -0.39 is 0 Å². The van der Waals surface area contributed by atoms with Gasteiger partial charge < -0.3 is 0 Å². The first-order chi connectivity index (χ1) is 2.43. The van der Waals surface area contributed by atoms with Crippen molar-refractivity contribution in [3.63, 3.8) is 0 Å². The second-order valence-electron chi connectivity index (χ2n) is 1.42. The molecule has 1 saturated carbocycles. The summed E-state index contributed by atoms with van der Waals surface area (Å²) in [6.07, 6.45) is 2.80. The molecule has 0 aliphatic heterocycles. The fourth-order valence-corrected chi connectivity index (χ4v) is 0.678. The van der Waals surface area contributed by atoms with Crippen LogP contribution in [-0.2, 0) is 20.7 Å². The van der Waals surface area contributed by atoms with Crippen molar-refractivity contribution in [2.75, 3.05) is 0 Å². The summed E-state index contributed by atoms with van der Waals surface area (Å²) in [5.41, 5.74) is 0. The van der Waals surface area contributed by atoms with Crippen molar-refractivity contribution < 1.29 is 20.7 Å². The molecule has 2 heteroatoms. The Balaban J connectivity index is 2.00. The van der Waals surface area contributed by atoms with Crippen LogP contribution in [0.3, 0.4) is 0 Å². The summed E-state index contributed by atoms with van der Waals surface area (Å²) in [6.45, 7) is 0. The van der Waals surface area contributed by atoms with Crippen LogP contribution < -0.4 is 3.80 Å². The van der Waals surface area contributed by atoms with E-state index in [2.05, 4.69) is 3.80 Å². The van der Waals surface area contributed by atoms with Gasteiger partial charge in [0, 0.05) is 0 Å². The van der Waals surface area contributed by atoms with Crippen molar-refractivity contribution in [2.45, 2.75) is 18.9 Å². The predicted octanol–water partition coefficient (Wildman–Crippen LogP) is 0.200. The summed E-state index contributed by atoms with van der Waals surface area (Å²) in [5.74, 6) is 0. The Morgan fingerprint density at radius 1 is 1.60 bits per heavy atom. The molecule has 27 valence electrons. The van der Waals surface area contributed by atoms with Gasteiger partial charge in [-0.25, -0.2) is 0 Å². The molecule has 0 amide bonds. The van der Waals surface area contributed by atoms with Gasteiger partial charge in [-0.15, -0.1) is 0 Å². The number of nitrogens with one attached hydrogen (secondary N) is 1. The van der Waals surface area contributed by atoms with Crippen LogP contribution in [0.4, 0.5) is 0 Å². The van der Waals surface area contributed by atoms with E-state index in [-0.39, 0.29) is 0 Å². The Bertz CT molecular complexity index is 33.9. The van der Waals surface area contributed by atoms with Gasteiger partial charge in [-0.05, 0) is 0 Å². The molecular weight excluding hydrogens is 97.9 g/mol. The van der Waals surface area contributed by atoms with Gasteiger partial charge in [0.15, 0.2) is 0 Å². The first kappa shape index (κ1) is 3.85. The quantitative estimate of drug-likeness (QED) is 0.468. The van der Waals surface area contributed by atoms with Crippen molar-refractivity contribution >= 4 is 0 Å². The number of rotatable bonds is 1. The Morgan fingerprint density at radius 3 is 2.20 bits per heavy atom. The van der Waals surface area contributed by atoms with Crippen molar-refractivity contribution in [3.8, 4) is 0 Å². The van der Waals surface area contributed by atoms with E-state index in [4.69, 9.17) is 0 Å². The maximum atomic E-state index is 3.14. The summed E-state index contributed by atoms with van der Waals surface area (Å²) in [6, 6.07) is 0.884. The van der Waals surface area contributed by atoms with E-state index in [1.165, 1.54) is 12.8 Å². The molecule has 0 radical (unpaired) electrons. The fraction of sp³-hybridized carbons (Fsp3) is 1.00. The van der Waals surface area contributed by atoms with Crippen LogP contribution in [-0.4, -0.2) is 6.04 Å². The average molecular weight is 104 g/mol. The third-order valence-electron chi connectivity index (χ3n) is 0.781. The Kier molecular flexibility index (Phi) is 1.09. The SMILES string of the molecule is [Ti][NH]C1CC1. The third kappa shape index (κ3) is 1.04. The molecule has 1 fully saturated rings. The topological polar surface area (TPSA) is 12.0 Å². The van der Waals surface area contributed by atoms with E-state index in [1.807, 2.05) is 20.7 Å². The Morgan fingerprint density at radius 2 is 2.20 bits per heavy atom. The minimum atomic E-state index is 0.884. The van der Waals surface area contributed by atoms with Gasteiger partial charge in [0.2, 0.25) is 0 Å². The van der Waals surface area contributed by atoms with E-state index >= 15 is 0 Å². The molecule has 1 nitrogen and oxygen atoms in total. The summed E-state index contributed by atoms with van der Waals surface area (Å²) in [5, 5.41) is 0. The molecule has 0 atom stereocenters. The molecule has 1 N–H and O–H groups in total. The van der Waals surface area contributed by atoms with Crippen LogP contribution in [0.5, 0.6) is 0 Å². The van der Waals surface area contributed by atoms with Gasteiger partial charge in [-0.3, -0.25) is 0 Å². The van der Waals surface area contributed by atoms with Crippen LogP contribution in [0.15, 0.2) is 0 Å². The number of hydrogen-bond acceptors (Lipinski definition) is 1. The van der Waals surface area contributed by atoms with Crippen LogP contribution in [0.2, 0.25) is 0 Å². The first-order valence-electron chi connectivity index (χ1n) is 1.86. The van der Waals surface area contributed by atoms with Gasteiger partial charge in [0.25, 0.3) is 0 Å². The molecule has 1 aliphatic carbocycles. The fourth-order valence-electron chi connectivity index (χ4n) is 0.228. The van der Waals surface area contributed by atoms with Crippen LogP contribution in [0.25, 0.3) is 0 Å². The Hall–Kier alpha value is 0.674. The molecule has 1 rings (SSSR count). The molecule has 0 bridgehead atoms. The molecule has 0 saturated heterocycles. The molecule has 0 heterocycles. The van der Waals surface area contributed by atoms with Crippen LogP contribution >= 0.6 is 0 Å².